The van der Waals surface area contributed by atoms with Gasteiger partial charge in [-0.25, -0.2) is 0 Å². The molecule has 4 N–H and O–H groups in total. The van der Waals surface area contributed by atoms with Crippen molar-refractivity contribution < 1.29 is 27.9 Å². The van der Waals surface area contributed by atoms with Gasteiger partial charge in [0, 0.05) is 0 Å². The number of unbranched alkanes of at least 4 members (excludes halogenated alkanes) is 1. The summed E-state index contributed by atoms with van der Waals surface area (Å²) in [7, 11) is 0. The highest BCUT2D eigenvalue weighted by atomic mass is 19.4. The molecule has 0 aliphatic carbocycles. The van der Waals surface area contributed by atoms with Crippen LogP contribution in [0.3, 0.4) is 0 Å². The lowest BCUT2D eigenvalue weighted by atomic mass is 10.0. The third kappa shape index (κ3) is 5.69. The van der Waals surface area contributed by atoms with E-state index in [4.69, 9.17) is 5.73 Å². The monoisotopic (exact) mass is 344 g/mol. The number of alkyl halides is 3. The molecule has 0 spiro atoms. The zero-order valence-corrected chi connectivity index (χ0v) is 12.8. The number of aliphatic hydroxyl groups is 1. The number of primary amides is 1. The molecule has 0 aromatic heterocycles. The second kappa shape index (κ2) is 8.49. The predicted molar refractivity (Wildman–Crippen MR) is 81.6 cm³/mol. The molecule has 8 heteroatoms. The number of amides is 2. The van der Waals surface area contributed by atoms with E-state index < -0.39 is 35.7 Å². The number of hydrogen-bond donors (Lipinski definition) is 3. The summed E-state index contributed by atoms with van der Waals surface area (Å²) in [5.41, 5.74) is 4.28. The highest BCUT2D eigenvalue weighted by Gasteiger charge is 2.31. The molecule has 0 aliphatic rings. The molecule has 0 aliphatic heterocycles. The normalized spacial score (nSPS) is 13.8. The molecule has 1 aromatic rings. The van der Waals surface area contributed by atoms with Crippen LogP contribution in [0.4, 0.5) is 13.2 Å². The van der Waals surface area contributed by atoms with Crippen LogP contribution in [0.5, 0.6) is 0 Å². The van der Waals surface area contributed by atoms with Crippen molar-refractivity contribution in [1.29, 1.82) is 0 Å². The van der Waals surface area contributed by atoms with Crippen molar-refractivity contribution in [2.45, 2.75) is 37.6 Å². The number of halogens is 3. The number of nitrogens with two attached hydrogens (primary N) is 1. The first-order chi connectivity index (χ1) is 11.2. The molecular formula is C16H19F3N2O3. The molecule has 1 rings (SSSR count). The quantitative estimate of drug-likeness (QED) is 0.498. The van der Waals surface area contributed by atoms with Gasteiger partial charge >= 0.3 is 6.18 Å². The minimum atomic E-state index is -4.51. The van der Waals surface area contributed by atoms with Gasteiger partial charge in [0.15, 0.2) is 6.10 Å². The molecule has 0 unspecified atom stereocenters. The number of carbonyl (C=O) groups excluding carboxylic acids is 2. The lowest BCUT2D eigenvalue weighted by molar-refractivity contribution is -0.137. The van der Waals surface area contributed by atoms with Crippen LogP contribution in [0.25, 0.3) is 0 Å². The van der Waals surface area contributed by atoms with Gasteiger partial charge in [0.1, 0.15) is 6.04 Å². The Bertz CT molecular complexity index is 585. The van der Waals surface area contributed by atoms with Crippen LogP contribution in [-0.2, 0) is 15.8 Å². The zero-order chi connectivity index (χ0) is 18.3. The summed E-state index contributed by atoms with van der Waals surface area (Å²) < 4.78 is 37.5. The molecule has 132 valence electrons. The average molecular weight is 344 g/mol. The third-order valence-corrected chi connectivity index (χ3v) is 3.36. The van der Waals surface area contributed by atoms with E-state index in [0.717, 1.165) is 24.3 Å². The van der Waals surface area contributed by atoms with Crippen LogP contribution < -0.4 is 11.1 Å². The van der Waals surface area contributed by atoms with Gasteiger partial charge in [-0.15, -0.1) is 6.58 Å². The lowest BCUT2D eigenvalue weighted by Crippen LogP contribution is -2.46. The number of rotatable bonds is 8. The first kappa shape index (κ1) is 19.7. The van der Waals surface area contributed by atoms with Crippen molar-refractivity contribution in [3.63, 3.8) is 0 Å². The smallest absolute Gasteiger partial charge is 0.378 e. The van der Waals surface area contributed by atoms with Crippen LogP contribution >= 0.6 is 0 Å². The summed E-state index contributed by atoms with van der Waals surface area (Å²) in [5.74, 6) is -1.66. The van der Waals surface area contributed by atoms with Crippen molar-refractivity contribution in [1.82, 2.24) is 5.32 Å². The summed E-state index contributed by atoms with van der Waals surface area (Å²) in [5, 5.41) is 12.2. The molecule has 0 bridgehead atoms. The molecular weight excluding hydrogens is 325 g/mol. The molecule has 0 saturated heterocycles. The van der Waals surface area contributed by atoms with Gasteiger partial charge in [0.2, 0.25) is 5.91 Å². The Balaban J connectivity index is 2.75. The van der Waals surface area contributed by atoms with Crippen LogP contribution in [-0.4, -0.2) is 23.0 Å². The number of benzene rings is 1. The van der Waals surface area contributed by atoms with Crippen molar-refractivity contribution in [3.05, 3.63) is 48.0 Å². The second-order valence-corrected chi connectivity index (χ2v) is 5.21. The van der Waals surface area contributed by atoms with E-state index in [1.807, 2.05) is 0 Å². The van der Waals surface area contributed by atoms with E-state index in [-0.39, 0.29) is 12.0 Å². The number of carbonyl (C=O) groups is 2. The Morgan fingerprint density at radius 2 is 1.88 bits per heavy atom. The van der Waals surface area contributed by atoms with Crippen molar-refractivity contribution in [2.75, 3.05) is 0 Å². The SMILES string of the molecule is C=CCCC[C@H](NC(=O)[C@H](O)c1ccc(C(F)(F)F)cc1)C(N)=O. The van der Waals surface area contributed by atoms with E-state index in [1.165, 1.54) is 0 Å². The summed E-state index contributed by atoms with van der Waals surface area (Å²) in [6.07, 6.45) is -3.10. The Hall–Kier alpha value is -2.35. The largest absolute Gasteiger partial charge is 0.416 e. The maximum absolute atomic E-state index is 12.5. The topological polar surface area (TPSA) is 92.4 Å². The van der Waals surface area contributed by atoms with E-state index >= 15 is 0 Å². The van der Waals surface area contributed by atoms with E-state index in [9.17, 15) is 27.9 Å². The van der Waals surface area contributed by atoms with Gasteiger partial charge in [-0.1, -0.05) is 18.2 Å². The molecule has 0 saturated carbocycles. The minimum absolute atomic E-state index is 0.0187. The fourth-order valence-electron chi connectivity index (χ4n) is 2.01. The Morgan fingerprint density at radius 3 is 2.33 bits per heavy atom. The van der Waals surface area contributed by atoms with E-state index in [0.29, 0.717) is 12.8 Å². The molecule has 5 nitrogen and oxygen atoms in total. The molecule has 0 fully saturated rings. The maximum atomic E-state index is 12.5. The number of hydrogen-bond acceptors (Lipinski definition) is 3. The van der Waals surface area contributed by atoms with Crippen LogP contribution in [0.1, 0.15) is 36.5 Å². The van der Waals surface area contributed by atoms with Gasteiger partial charge in [0.05, 0.1) is 5.56 Å². The van der Waals surface area contributed by atoms with Crippen molar-refractivity contribution in [2.24, 2.45) is 5.73 Å². The third-order valence-electron chi connectivity index (χ3n) is 3.36. The molecule has 0 heterocycles. The van der Waals surface area contributed by atoms with Crippen LogP contribution in [0, 0.1) is 0 Å². The van der Waals surface area contributed by atoms with Gasteiger partial charge in [-0.3, -0.25) is 9.59 Å². The summed E-state index contributed by atoms with van der Waals surface area (Å²) >= 11 is 0. The maximum Gasteiger partial charge on any atom is 0.416 e. The highest BCUT2D eigenvalue weighted by molar-refractivity contribution is 5.88. The van der Waals surface area contributed by atoms with Gasteiger partial charge in [-0.05, 0) is 37.0 Å². The van der Waals surface area contributed by atoms with Gasteiger partial charge in [0.25, 0.3) is 5.91 Å². The number of nitrogens with one attached hydrogen (secondary N) is 1. The number of aliphatic hydroxyl groups excluding tert-OH is 1. The predicted octanol–water partition coefficient (Wildman–Crippen LogP) is 2.07. The van der Waals surface area contributed by atoms with Crippen molar-refractivity contribution in [3.8, 4) is 0 Å². The summed E-state index contributed by atoms with van der Waals surface area (Å²) in [6, 6.07) is 2.57. The molecule has 2 atom stereocenters. The molecule has 2 amide bonds. The van der Waals surface area contributed by atoms with Crippen LogP contribution in [0.2, 0.25) is 0 Å². The van der Waals surface area contributed by atoms with Gasteiger partial charge < -0.3 is 16.2 Å². The average Bonchev–Trinajstić information content (AvgIpc) is 2.52. The zero-order valence-electron chi connectivity index (χ0n) is 12.8. The molecule has 0 radical (unpaired) electrons. The Morgan fingerprint density at radius 1 is 1.29 bits per heavy atom. The standard InChI is InChI=1S/C16H19F3N2O3/c1-2-3-4-5-12(14(20)23)21-15(24)13(22)10-6-8-11(9-7-10)16(17,18)19/h2,6-9,12-13,22H,1,3-5H2,(H2,20,23)(H,21,24)/t12-,13+/m0/s1. The minimum Gasteiger partial charge on any atom is -0.378 e. The molecule has 1 aromatic carbocycles. The van der Waals surface area contributed by atoms with Gasteiger partial charge in [-0.2, -0.15) is 13.2 Å². The summed E-state index contributed by atoms with van der Waals surface area (Å²) in [4.78, 5) is 23.3. The Labute approximate surface area is 137 Å². The fourth-order valence-corrected chi connectivity index (χ4v) is 2.01. The fraction of sp³-hybridized carbons (Fsp3) is 0.375. The van der Waals surface area contributed by atoms with Crippen molar-refractivity contribution >= 4 is 11.8 Å². The first-order valence-corrected chi connectivity index (χ1v) is 7.22. The van der Waals surface area contributed by atoms with E-state index in [1.54, 1.807) is 6.08 Å². The van der Waals surface area contributed by atoms with Crippen LogP contribution in [0.15, 0.2) is 36.9 Å². The number of allylic oxidation sites excluding steroid dienone is 1. The lowest BCUT2D eigenvalue weighted by Gasteiger charge is -2.18. The summed E-state index contributed by atoms with van der Waals surface area (Å²) in [6.45, 7) is 3.53. The highest BCUT2D eigenvalue weighted by Crippen LogP contribution is 2.29. The first-order valence-electron chi connectivity index (χ1n) is 7.22. The second-order valence-electron chi connectivity index (χ2n) is 5.21. The Kier molecular flexibility index (Phi) is 6.97. The van der Waals surface area contributed by atoms with E-state index in [2.05, 4.69) is 11.9 Å². The molecule has 24 heavy (non-hydrogen) atoms.